The number of unbranched alkanes of at least 4 members (excludes halogenated alkanes) is 36. The van der Waals surface area contributed by atoms with E-state index in [4.69, 9.17) is 14.2 Å². The van der Waals surface area contributed by atoms with Crippen LogP contribution < -0.4 is 0 Å². The smallest absolute Gasteiger partial charge is 0.306 e. The first kappa shape index (κ1) is 59.4. The number of rotatable bonds is 50. The molecule has 0 amide bonds. The van der Waals surface area contributed by atoms with Crippen LogP contribution >= 0.6 is 0 Å². The van der Waals surface area contributed by atoms with Crippen LogP contribution in [-0.4, -0.2) is 37.2 Å². The van der Waals surface area contributed by atoms with Crippen LogP contribution in [0.4, 0.5) is 0 Å². The average Bonchev–Trinajstić information content (AvgIpc) is 3.26. The minimum Gasteiger partial charge on any atom is -0.462 e. The van der Waals surface area contributed by atoms with E-state index >= 15 is 0 Å². The molecular weight excluding hydrogens is 757 g/mol. The van der Waals surface area contributed by atoms with E-state index in [0.717, 1.165) is 63.7 Å². The van der Waals surface area contributed by atoms with E-state index in [1.165, 1.54) is 205 Å². The Bertz CT molecular complexity index is 920. The molecule has 0 saturated carbocycles. The summed E-state index contributed by atoms with van der Waals surface area (Å²) in [6.45, 7) is 9.07. The van der Waals surface area contributed by atoms with Gasteiger partial charge < -0.3 is 14.2 Å². The van der Waals surface area contributed by atoms with Crippen molar-refractivity contribution in [2.75, 3.05) is 13.2 Å². The summed E-state index contributed by atoms with van der Waals surface area (Å²) >= 11 is 0. The molecule has 1 unspecified atom stereocenters. The third-order valence-electron chi connectivity index (χ3n) is 12.9. The summed E-state index contributed by atoms with van der Waals surface area (Å²) in [6.07, 6.45) is 52.3. The van der Waals surface area contributed by atoms with Crippen molar-refractivity contribution in [3.63, 3.8) is 0 Å². The van der Waals surface area contributed by atoms with Gasteiger partial charge >= 0.3 is 17.9 Å². The van der Waals surface area contributed by atoms with Gasteiger partial charge in [-0.1, -0.05) is 272 Å². The average molecular weight is 863 g/mol. The number of esters is 3. The molecule has 6 nitrogen and oxygen atoms in total. The second-order valence-corrected chi connectivity index (χ2v) is 19.1. The molecule has 0 radical (unpaired) electrons. The summed E-state index contributed by atoms with van der Waals surface area (Å²) in [5, 5.41) is 0. The normalized spacial score (nSPS) is 12.4. The Kier molecular flexibility index (Phi) is 48.1. The van der Waals surface area contributed by atoms with E-state index in [1.54, 1.807) is 0 Å². The van der Waals surface area contributed by atoms with Gasteiger partial charge in [-0.05, 0) is 25.2 Å². The van der Waals surface area contributed by atoms with Gasteiger partial charge in [0.2, 0.25) is 0 Å². The van der Waals surface area contributed by atoms with Gasteiger partial charge in [0.25, 0.3) is 0 Å². The van der Waals surface area contributed by atoms with Gasteiger partial charge in [0, 0.05) is 19.3 Å². The van der Waals surface area contributed by atoms with Crippen molar-refractivity contribution >= 4 is 17.9 Å². The Labute approximate surface area is 380 Å². The van der Waals surface area contributed by atoms with Gasteiger partial charge in [-0.25, -0.2) is 0 Å². The first-order chi connectivity index (χ1) is 29.9. The summed E-state index contributed by atoms with van der Waals surface area (Å²) in [5.41, 5.74) is 0. The highest BCUT2D eigenvalue weighted by Gasteiger charge is 2.19. The topological polar surface area (TPSA) is 78.9 Å². The maximum Gasteiger partial charge on any atom is 0.306 e. The Hall–Kier alpha value is -1.59. The molecule has 0 aliphatic rings. The third kappa shape index (κ3) is 47.7. The fourth-order valence-corrected chi connectivity index (χ4v) is 8.36. The van der Waals surface area contributed by atoms with Crippen molar-refractivity contribution < 1.29 is 28.6 Å². The lowest BCUT2D eigenvalue weighted by atomic mass is 9.99. The second-order valence-electron chi connectivity index (χ2n) is 19.1. The standard InChI is InChI=1S/C55H106O6/c1-5-8-10-12-14-16-26-31-35-39-43-47-54(57)60-50-52(49-59-53(56)46-42-38-34-30-17-15-13-11-9-6-2)61-55(58)48-44-40-36-32-28-25-23-21-19-18-20-22-24-27-29-33-37-41-45-51(4)7-3/h51-52H,5-50H2,1-4H3/t51?,52-/m1/s1. The molecule has 6 heteroatoms. The third-order valence-corrected chi connectivity index (χ3v) is 12.9. The predicted molar refractivity (Wildman–Crippen MR) is 261 cm³/mol. The molecule has 0 rings (SSSR count). The molecule has 362 valence electrons. The SMILES string of the molecule is CCCCCCCCCCCCCC(=O)OC[C@@H](COC(=O)CCCCCCCCCCCC)OC(=O)CCCCCCCCCCCCCCCCCCCCC(C)CC. The molecule has 0 fully saturated rings. The van der Waals surface area contributed by atoms with Crippen LogP contribution in [0.1, 0.15) is 310 Å². The highest BCUT2D eigenvalue weighted by molar-refractivity contribution is 5.71. The van der Waals surface area contributed by atoms with Gasteiger partial charge in [-0.15, -0.1) is 0 Å². The van der Waals surface area contributed by atoms with E-state index in [9.17, 15) is 14.4 Å². The molecule has 0 aliphatic carbocycles. The Morgan fingerprint density at radius 1 is 0.328 bits per heavy atom. The van der Waals surface area contributed by atoms with Gasteiger partial charge in [0.1, 0.15) is 13.2 Å². The lowest BCUT2D eigenvalue weighted by Crippen LogP contribution is -2.30. The van der Waals surface area contributed by atoms with E-state index in [2.05, 4.69) is 27.7 Å². The molecule has 61 heavy (non-hydrogen) atoms. The highest BCUT2D eigenvalue weighted by Crippen LogP contribution is 2.18. The summed E-state index contributed by atoms with van der Waals surface area (Å²) in [7, 11) is 0. The number of hydrogen-bond donors (Lipinski definition) is 0. The van der Waals surface area contributed by atoms with Gasteiger partial charge in [0.05, 0.1) is 0 Å². The molecule has 0 aromatic heterocycles. The van der Waals surface area contributed by atoms with Crippen LogP contribution in [0, 0.1) is 5.92 Å². The van der Waals surface area contributed by atoms with Crippen LogP contribution in [-0.2, 0) is 28.6 Å². The van der Waals surface area contributed by atoms with Crippen LogP contribution in [0.25, 0.3) is 0 Å². The minimum atomic E-state index is -0.760. The van der Waals surface area contributed by atoms with Crippen molar-refractivity contribution in [2.24, 2.45) is 5.92 Å². The molecule has 0 heterocycles. The van der Waals surface area contributed by atoms with Crippen molar-refractivity contribution in [3.05, 3.63) is 0 Å². The monoisotopic (exact) mass is 863 g/mol. The molecule has 0 spiro atoms. The zero-order valence-electron chi connectivity index (χ0n) is 41.6. The Morgan fingerprint density at radius 2 is 0.574 bits per heavy atom. The lowest BCUT2D eigenvalue weighted by Gasteiger charge is -2.18. The van der Waals surface area contributed by atoms with Crippen molar-refractivity contribution in [2.45, 2.75) is 316 Å². The molecule has 0 aromatic rings. The van der Waals surface area contributed by atoms with Crippen molar-refractivity contribution in [3.8, 4) is 0 Å². The highest BCUT2D eigenvalue weighted by atomic mass is 16.6. The van der Waals surface area contributed by atoms with Gasteiger partial charge in [-0.3, -0.25) is 14.4 Å². The Balaban J connectivity index is 4.18. The van der Waals surface area contributed by atoms with Gasteiger partial charge in [0.15, 0.2) is 6.10 Å². The summed E-state index contributed by atoms with van der Waals surface area (Å²) < 4.78 is 16.8. The molecule has 2 atom stereocenters. The number of carbonyl (C=O) groups excluding carboxylic acids is 3. The van der Waals surface area contributed by atoms with E-state index in [-0.39, 0.29) is 31.1 Å². The fourth-order valence-electron chi connectivity index (χ4n) is 8.36. The zero-order chi connectivity index (χ0) is 44.5. The first-order valence-electron chi connectivity index (χ1n) is 27.4. The Morgan fingerprint density at radius 3 is 0.852 bits per heavy atom. The van der Waals surface area contributed by atoms with E-state index in [0.29, 0.717) is 19.3 Å². The van der Waals surface area contributed by atoms with Crippen LogP contribution in [0.5, 0.6) is 0 Å². The molecule has 0 N–H and O–H groups in total. The maximum atomic E-state index is 12.8. The lowest BCUT2D eigenvalue weighted by molar-refractivity contribution is -0.167. The first-order valence-corrected chi connectivity index (χ1v) is 27.4. The van der Waals surface area contributed by atoms with E-state index in [1.807, 2.05) is 0 Å². The zero-order valence-corrected chi connectivity index (χ0v) is 41.6. The van der Waals surface area contributed by atoms with Crippen LogP contribution in [0.3, 0.4) is 0 Å². The quantitative estimate of drug-likeness (QED) is 0.0344. The summed E-state index contributed by atoms with van der Waals surface area (Å²) in [6, 6.07) is 0. The van der Waals surface area contributed by atoms with Crippen LogP contribution in [0.15, 0.2) is 0 Å². The number of hydrogen-bond acceptors (Lipinski definition) is 6. The van der Waals surface area contributed by atoms with Crippen molar-refractivity contribution in [1.29, 1.82) is 0 Å². The van der Waals surface area contributed by atoms with Crippen LogP contribution in [0.2, 0.25) is 0 Å². The van der Waals surface area contributed by atoms with Gasteiger partial charge in [-0.2, -0.15) is 0 Å². The molecule has 0 aliphatic heterocycles. The molecule has 0 aromatic carbocycles. The summed E-state index contributed by atoms with van der Waals surface area (Å²) in [5.74, 6) is 0.0659. The number of ether oxygens (including phenoxy) is 3. The predicted octanol–water partition coefficient (Wildman–Crippen LogP) is 17.8. The second kappa shape index (κ2) is 49.4. The molecule has 0 saturated heterocycles. The molecule has 0 bridgehead atoms. The van der Waals surface area contributed by atoms with Crippen molar-refractivity contribution in [1.82, 2.24) is 0 Å². The largest absolute Gasteiger partial charge is 0.462 e. The number of carbonyl (C=O) groups is 3. The fraction of sp³-hybridized carbons (Fsp3) is 0.945. The van der Waals surface area contributed by atoms with E-state index < -0.39 is 6.10 Å². The summed E-state index contributed by atoms with van der Waals surface area (Å²) in [4.78, 5) is 37.9. The molecular formula is C55H106O6. The minimum absolute atomic E-state index is 0.0625. The maximum absolute atomic E-state index is 12.8.